The van der Waals surface area contributed by atoms with Gasteiger partial charge in [-0.05, 0) is 43.4 Å². The van der Waals surface area contributed by atoms with Crippen LogP contribution >= 0.6 is 0 Å². The molecule has 1 amide bonds. The van der Waals surface area contributed by atoms with Gasteiger partial charge in [0.2, 0.25) is 5.91 Å². The normalized spacial score (nSPS) is 20.9. The Bertz CT molecular complexity index is 444. The minimum atomic E-state index is -0.269. The predicted octanol–water partition coefficient (Wildman–Crippen LogP) is 2.40. The number of amides is 1. The minimum Gasteiger partial charge on any atom is -0.497 e. The fourth-order valence-corrected chi connectivity index (χ4v) is 2.64. The number of rotatable bonds is 4. The van der Waals surface area contributed by atoms with E-state index in [1.54, 1.807) is 7.11 Å². The zero-order valence-electron chi connectivity index (χ0n) is 10.7. The summed E-state index contributed by atoms with van der Waals surface area (Å²) in [5.41, 5.74) is 0.863. The zero-order valence-corrected chi connectivity index (χ0v) is 10.7. The molecule has 3 nitrogen and oxygen atoms in total. The number of hydrogen-bond acceptors (Lipinski definition) is 2. The molecule has 96 valence electrons. The number of ether oxygens (including phenoxy) is 1. The van der Waals surface area contributed by atoms with Crippen molar-refractivity contribution >= 4 is 5.91 Å². The lowest BCUT2D eigenvalue weighted by Crippen LogP contribution is -2.49. The predicted molar refractivity (Wildman–Crippen MR) is 69.7 cm³/mol. The first-order chi connectivity index (χ1) is 8.74. The van der Waals surface area contributed by atoms with Crippen molar-refractivity contribution in [3.8, 4) is 5.75 Å². The molecule has 0 heterocycles. The highest BCUT2D eigenvalue weighted by Crippen LogP contribution is 2.44. The first-order valence-corrected chi connectivity index (χ1v) is 6.70. The third-order valence-corrected chi connectivity index (χ3v) is 4.20. The summed E-state index contributed by atoms with van der Waals surface area (Å²) in [6.45, 7) is 0. The highest BCUT2D eigenvalue weighted by atomic mass is 16.5. The molecule has 0 bridgehead atoms. The maximum atomic E-state index is 12.4. The molecule has 0 unspecified atom stereocenters. The van der Waals surface area contributed by atoms with E-state index < -0.39 is 0 Å². The zero-order chi connectivity index (χ0) is 12.6. The van der Waals surface area contributed by atoms with Gasteiger partial charge >= 0.3 is 0 Å². The number of nitrogens with one attached hydrogen (secondary N) is 1. The molecule has 0 aliphatic heterocycles. The first kappa shape index (κ1) is 11.6. The Morgan fingerprint density at radius 3 is 2.39 bits per heavy atom. The highest BCUT2D eigenvalue weighted by molar-refractivity contribution is 5.89. The van der Waals surface area contributed by atoms with E-state index in [-0.39, 0.29) is 11.3 Å². The number of hydrogen-bond donors (Lipinski definition) is 1. The fourth-order valence-electron chi connectivity index (χ4n) is 2.64. The molecule has 0 spiro atoms. The van der Waals surface area contributed by atoms with Gasteiger partial charge in [0.15, 0.2) is 0 Å². The lowest BCUT2D eigenvalue weighted by Gasteiger charge is -2.40. The molecule has 1 N–H and O–H groups in total. The van der Waals surface area contributed by atoms with Gasteiger partial charge < -0.3 is 10.1 Å². The second-order valence-corrected chi connectivity index (χ2v) is 5.41. The van der Waals surface area contributed by atoms with Gasteiger partial charge in [-0.15, -0.1) is 0 Å². The summed E-state index contributed by atoms with van der Waals surface area (Å²) in [7, 11) is 1.66. The Morgan fingerprint density at radius 1 is 1.28 bits per heavy atom. The summed E-state index contributed by atoms with van der Waals surface area (Å²) >= 11 is 0. The molecule has 3 heteroatoms. The van der Waals surface area contributed by atoms with Crippen LogP contribution in [-0.2, 0) is 10.2 Å². The Hall–Kier alpha value is -1.51. The summed E-state index contributed by atoms with van der Waals surface area (Å²) in [6.07, 6.45) is 5.37. The summed E-state index contributed by atoms with van der Waals surface area (Å²) in [5.74, 6) is 1.07. The molecule has 2 saturated carbocycles. The minimum absolute atomic E-state index is 0.224. The Morgan fingerprint density at radius 2 is 1.94 bits per heavy atom. The number of carbonyl (C=O) groups is 1. The largest absolute Gasteiger partial charge is 0.497 e. The molecule has 0 radical (unpaired) electrons. The number of methoxy groups -OCH3 is 1. The quantitative estimate of drug-likeness (QED) is 0.884. The van der Waals surface area contributed by atoms with Gasteiger partial charge in [-0.3, -0.25) is 4.79 Å². The second-order valence-electron chi connectivity index (χ2n) is 5.41. The molecular formula is C15H19NO2. The van der Waals surface area contributed by atoms with Crippen molar-refractivity contribution in [2.45, 2.75) is 43.6 Å². The molecule has 3 rings (SSSR count). The maximum Gasteiger partial charge on any atom is 0.230 e. The van der Waals surface area contributed by atoms with E-state index in [2.05, 4.69) is 5.32 Å². The standard InChI is InChI=1S/C15H19NO2/c1-18-13-7-3-11(4-8-13)15(9-2-10-15)14(17)16-12-5-6-12/h3-4,7-8,12H,2,5-6,9-10H2,1H3,(H,16,17). The molecule has 0 atom stereocenters. The van der Waals surface area contributed by atoms with Crippen molar-refractivity contribution in [2.75, 3.05) is 7.11 Å². The van der Waals surface area contributed by atoms with Crippen molar-refractivity contribution in [1.29, 1.82) is 0 Å². The van der Waals surface area contributed by atoms with Gasteiger partial charge in [-0.2, -0.15) is 0 Å². The van der Waals surface area contributed by atoms with Gasteiger partial charge in [-0.1, -0.05) is 18.6 Å². The van der Waals surface area contributed by atoms with Crippen molar-refractivity contribution < 1.29 is 9.53 Å². The van der Waals surface area contributed by atoms with E-state index in [4.69, 9.17) is 4.74 Å². The Labute approximate surface area is 108 Å². The van der Waals surface area contributed by atoms with E-state index >= 15 is 0 Å². The Kier molecular flexibility index (Phi) is 2.77. The number of benzene rings is 1. The smallest absolute Gasteiger partial charge is 0.230 e. The van der Waals surface area contributed by atoms with E-state index in [1.807, 2.05) is 24.3 Å². The SMILES string of the molecule is COc1ccc(C2(C(=O)NC3CC3)CCC2)cc1. The van der Waals surface area contributed by atoms with E-state index in [9.17, 15) is 4.79 Å². The lowest BCUT2D eigenvalue weighted by molar-refractivity contribution is -0.130. The molecule has 2 aliphatic rings. The van der Waals surface area contributed by atoms with Crippen LogP contribution in [0.5, 0.6) is 5.75 Å². The van der Waals surface area contributed by atoms with Crippen LogP contribution in [0.2, 0.25) is 0 Å². The van der Waals surface area contributed by atoms with Crippen LogP contribution in [-0.4, -0.2) is 19.1 Å². The maximum absolute atomic E-state index is 12.4. The van der Waals surface area contributed by atoms with Crippen LogP contribution in [0.4, 0.5) is 0 Å². The third kappa shape index (κ3) is 1.88. The van der Waals surface area contributed by atoms with E-state index in [1.165, 1.54) is 0 Å². The molecular weight excluding hydrogens is 226 g/mol. The second kappa shape index (κ2) is 4.30. The van der Waals surface area contributed by atoms with Crippen LogP contribution in [0.1, 0.15) is 37.7 Å². The molecule has 2 fully saturated rings. The van der Waals surface area contributed by atoms with Crippen molar-refractivity contribution in [2.24, 2.45) is 0 Å². The topological polar surface area (TPSA) is 38.3 Å². The summed E-state index contributed by atoms with van der Waals surface area (Å²) in [6, 6.07) is 8.39. The molecule has 1 aromatic rings. The molecule has 0 aromatic heterocycles. The monoisotopic (exact) mass is 245 g/mol. The van der Waals surface area contributed by atoms with Gasteiger partial charge in [0.05, 0.1) is 12.5 Å². The van der Waals surface area contributed by atoms with Gasteiger partial charge in [0, 0.05) is 6.04 Å². The van der Waals surface area contributed by atoms with Crippen LogP contribution < -0.4 is 10.1 Å². The van der Waals surface area contributed by atoms with Crippen molar-refractivity contribution in [3.05, 3.63) is 29.8 Å². The van der Waals surface area contributed by atoms with Gasteiger partial charge in [-0.25, -0.2) is 0 Å². The van der Waals surface area contributed by atoms with Gasteiger partial charge in [0.1, 0.15) is 5.75 Å². The molecule has 0 saturated heterocycles. The Balaban J connectivity index is 1.82. The van der Waals surface area contributed by atoms with Crippen molar-refractivity contribution in [3.63, 3.8) is 0 Å². The van der Waals surface area contributed by atoms with Gasteiger partial charge in [0.25, 0.3) is 0 Å². The average molecular weight is 245 g/mol. The molecule has 1 aromatic carbocycles. The van der Waals surface area contributed by atoms with Crippen LogP contribution in [0, 0.1) is 0 Å². The van der Waals surface area contributed by atoms with Crippen LogP contribution in [0.25, 0.3) is 0 Å². The third-order valence-electron chi connectivity index (χ3n) is 4.20. The first-order valence-electron chi connectivity index (χ1n) is 6.70. The van der Waals surface area contributed by atoms with Crippen LogP contribution in [0.15, 0.2) is 24.3 Å². The lowest BCUT2D eigenvalue weighted by atomic mass is 9.64. The summed E-state index contributed by atoms with van der Waals surface area (Å²) in [5, 5.41) is 3.15. The highest BCUT2D eigenvalue weighted by Gasteiger charge is 2.46. The van der Waals surface area contributed by atoms with E-state index in [0.717, 1.165) is 43.4 Å². The summed E-state index contributed by atoms with van der Waals surface area (Å²) < 4.78 is 5.17. The summed E-state index contributed by atoms with van der Waals surface area (Å²) in [4.78, 5) is 12.4. The van der Waals surface area contributed by atoms with Crippen molar-refractivity contribution in [1.82, 2.24) is 5.32 Å². The van der Waals surface area contributed by atoms with E-state index in [0.29, 0.717) is 6.04 Å². The fraction of sp³-hybridized carbons (Fsp3) is 0.533. The molecule has 2 aliphatic carbocycles. The number of carbonyl (C=O) groups excluding carboxylic acids is 1. The van der Waals surface area contributed by atoms with Crippen LogP contribution in [0.3, 0.4) is 0 Å². The average Bonchev–Trinajstić information content (AvgIpc) is 3.12. The molecule has 18 heavy (non-hydrogen) atoms.